The molecule has 4 aliphatic carbocycles. The molecule has 4 rings (SSSR count). The molecule has 3 atom stereocenters. The maximum atomic E-state index is 6.42. The van der Waals surface area contributed by atoms with Gasteiger partial charge in [0.25, 0.3) is 0 Å². The number of hydrogen-bond donors (Lipinski definition) is 1. The van der Waals surface area contributed by atoms with Crippen LogP contribution in [-0.4, -0.2) is 19.8 Å². The highest BCUT2D eigenvalue weighted by molar-refractivity contribution is 5.09. The summed E-state index contributed by atoms with van der Waals surface area (Å²) in [6.07, 6.45) is 8.53. The van der Waals surface area contributed by atoms with Crippen molar-refractivity contribution in [2.24, 2.45) is 28.4 Å². The Hall–Kier alpha value is -0.0800. The predicted molar refractivity (Wildman–Crippen MR) is 65.1 cm³/mol. The van der Waals surface area contributed by atoms with E-state index in [0.717, 1.165) is 18.4 Å². The Balaban J connectivity index is 1.86. The van der Waals surface area contributed by atoms with E-state index in [0.29, 0.717) is 10.8 Å². The molecule has 2 nitrogen and oxygen atoms in total. The Morgan fingerprint density at radius 3 is 2.38 bits per heavy atom. The van der Waals surface area contributed by atoms with E-state index in [1.807, 2.05) is 0 Å². The molecule has 0 saturated heterocycles. The first-order valence-corrected chi connectivity index (χ1v) is 6.80. The van der Waals surface area contributed by atoms with Crippen molar-refractivity contribution in [1.82, 2.24) is 0 Å². The molecule has 0 aromatic heterocycles. The zero-order chi connectivity index (χ0) is 11.4. The molecular weight excluding hydrogens is 198 g/mol. The molecule has 4 saturated carbocycles. The number of hydrogen-bond acceptors (Lipinski definition) is 2. The van der Waals surface area contributed by atoms with Gasteiger partial charge in [-0.2, -0.15) is 0 Å². The summed E-state index contributed by atoms with van der Waals surface area (Å²) >= 11 is 0. The van der Waals surface area contributed by atoms with Crippen molar-refractivity contribution in [1.29, 1.82) is 0 Å². The van der Waals surface area contributed by atoms with Crippen molar-refractivity contribution < 1.29 is 4.74 Å². The second-order valence-corrected chi connectivity index (χ2v) is 7.20. The van der Waals surface area contributed by atoms with Gasteiger partial charge in [-0.25, -0.2) is 0 Å². The first-order chi connectivity index (χ1) is 7.55. The highest BCUT2D eigenvalue weighted by Crippen LogP contribution is 2.65. The maximum absolute atomic E-state index is 6.42. The van der Waals surface area contributed by atoms with Crippen LogP contribution in [0.15, 0.2) is 0 Å². The van der Waals surface area contributed by atoms with E-state index in [-0.39, 0.29) is 6.04 Å². The van der Waals surface area contributed by atoms with E-state index >= 15 is 0 Å². The Labute approximate surface area is 98.9 Å². The third-order valence-corrected chi connectivity index (χ3v) is 5.53. The number of ether oxygens (including phenoxy) is 1. The number of nitrogens with two attached hydrogens (primary N) is 1. The molecule has 4 fully saturated rings. The van der Waals surface area contributed by atoms with Crippen LogP contribution in [0.4, 0.5) is 0 Å². The van der Waals surface area contributed by atoms with Crippen LogP contribution in [0.1, 0.15) is 45.4 Å². The van der Waals surface area contributed by atoms with Gasteiger partial charge in [0.1, 0.15) is 0 Å². The van der Waals surface area contributed by atoms with Gasteiger partial charge in [-0.1, -0.05) is 6.92 Å². The van der Waals surface area contributed by atoms with Gasteiger partial charge in [-0.15, -0.1) is 0 Å². The molecule has 0 radical (unpaired) electrons. The lowest BCUT2D eigenvalue weighted by molar-refractivity contribution is -0.119. The average molecular weight is 223 g/mol. The van der Waals surface area contributed by atoms with Crippen molar-refractivity contribution in [3.05, 3.63) is 0 Å². The SMILES string of the molecule is COCC(N)C12CC3CC(CC(C)(C3)C1)C2. The maximum Gasteiger partial charge on any atom is 0.0619 e. The Kier molecular flexibility index (Phi) is 2.38. The third kappa shape index (κ3) is 1.53. The fraction of sp³-hybridized carbons (Fsp3) is 1.00. The second kappa shape index (κ2) is 3.46. The predicted octanol–water partition coefficient (Wildman–Crippen LogP) is 2.57. The van der Waals surface area contributed by atoms with E-state index in [4.69, 9.17) is 10.5 Å². The Morgan fingerprint density at radius 1 is 1.25 bits per heavy atom. The van der Waals surface area contributed by atoms with E-state index in [1.54, 1.807) is 7.11 Å². The summed E-state index contributed by atoms with van der Waals surface area (Å²) in [6.45, 7) is 3.24. The van der Waals surface area contributed by atoms with Crippen LogP contribution in [-0.2, 0) is 4.74 Å². The molecule has 0 aliphatic heterocycles. The van der Waals surface area contributed by atoms with Crippen LogP contribution in [0.2, 0.25) is 0 Å². The lowest BCUT2D eigenvalue weighted by atomic mass is 9.43. The lowest BCUT2D eigenvalue weighted by Crippen LogP contribution is -2.58. The molecule has 3 unspecified atom stereocenters. The fourth-order valence-corrected chi connectivity index (χ4v) is 5.59. The zero-order valence-electron chi connectivity index (χ0n) is 10.7. The summed E-state index contributed by atoms with van der Waals surface area (Å²) in [6, 6.07) is 0.266. The minimum Gasteiger partial charge on any atom is -0.383 e. The van der Waals surface area contributed by atoms with Crippen LogP contribution in [0.3, 0.4) is 0 Å². The summed E-state index contributed by atoms with van der Waals surface area (Å²) in [5.41, 5.74) is 7.45. The molecule has 0 heterocycles. The second-order valence-electron chi connectivity index (χ2n) is 7.20. The first kappa shape index (κ1) is 11.0. The largest absolute Gasteiger partial charge is 0.383 e. The van der Waals surface area contributed by atoms with Gasteiger partial charge in [-0.05, 0) is 61.2 Å². The molecule has 0 aromatic carbocycles. The van der Waals surface area contributed by atoms with Crippen LogP contribution in [0.25, 0.3) is 0 Å². The summed E-state index contributed by atoms with van der Waals surface area (Å²) in [5, 5.41) is 0. The molecule has 2 N–H and O–H groups in total. The highest BCUT2D eigenvalue weighted by atomic mass is 16.5. The van der Waals surface area contributed by atoms with Crippen molar-refractivity contribution in [2.45, 2.75) is 51.5 Å². The first-order valence-electron chi connectivity index (χ1n) is 6.80. The molecule has 0 aromatic rings. The van der Waals surface area contributed by atoms with Gasteiger partial charge in [-0.3, -0.25) is 0 Å². The van der Waals surface area contributed by atoms with Gasteiger partial charge in [0.2, 0.25) is 0 Å². The van der Waals surface area contributed by atoms with E-state index in [2.05, 4.69) is 6.92 Å². The fourth-order valence-electron chi connectivity index (χ4n) is 5.59. The number of methoxy groups -OCH3 is 1. The van der Waals surface area contributed by atoms with E-state index in [1.165, 1.54) is 38.5 Å². The average Bonchev–Trinajstić information content (AvgIpc) is 2.13. The summed E-state index contributed by atoms with van der Waals surface area (Å²) in [4.78, 5) is 0. The summed E-state index contributed by atoms with van der Waals surface area (Å²) < 4.78 is 5.30. The normalized spacial score (nSPS) is 51.9. The van der Waals surface area contributed by atoms with Crippen LogP contribution in [0, 0.1) is 22.7 Å². The molecule has 2 heteroatoms. The third-order valence-electron chi connectivity index (χ3n) is 5.53. The van der Waals surface area contributed by atoms with Crippen molar-refractivity contribution in [3.8, 4) is 0 Å². The summed E-state index contributed by atoms with van der Waals surface area (Å²) in [5.74, 6) is 1.93. The molecule has 92 valence electrons. The minimum absolute atomic E-state index is 0.266. The Bertz CT molecular complexity index is 274. The molecule has 0 amide bonds. The van der Waals surface area contributed by atoms with Crippen molar-refractivity contribution in [2.75, 3.05) is 13.7 Å². The van der Waals surface area contributed by atoms with Crippen molar-refractivity contribution >= 4 is 0 Å². The smallest absolute Gasteiger partial charge is 0.0619 e. The van der Waals surface area contributed by atoms with Crippen molar-refractivity contribution in [3.63, 3.8) is 0 Å². The van der Waals surface area contributed by atoms with Crippen LogP contribution in [0.5, 0.6) is 0 Å². The lowest BCUT2D eigenvalue weighted by Gasteiger charge is -2.63. The van der Waals surface area contributed by atoms with Crippen LogP contribution >= 0.6 is 0 Å². The number of rotatable bonds is 3. The van der Waals surface area contributed by atoms with Crippen LogP contribution < -0.4 is 5.73 Å². The van der Waals surface area contributed by atoms with Gasteiger partial charge in [0, 0.05) is 13.2 Å². The quantitative estimate of drug-likeness (QED) is 0.798. The van der Waals surface area contributed by atoms with Gasteiger partial charge < -0.3 is 10.5 Å². The van der Waals surface area contributed by atoms with Gasteiger partial charge >= 0.3 is 0 Å². The molecule has 4 aliphatic rings. The van der Waals surface area contributed by atoms with E-state index in [9.17, 15) is 0 Å². The molecule has 4 bridgehead atoms. The topological polar surface area (TPSA) is 35.2 Å². The standard InChI is InChI=1S/C14H25NO/c1-13-4-10-3-11(5-13)7-14(6-10,9-13)12(15)8-16-2/h10-12H,3-9,15H2,1-2H3. The van der Waals surface area contributed by atoms with Gasteiger partial charge in [0.15, 0.2) is 0 Å². The monoisotopic (exact) mass is 223 g/mol. The summed E-state index contributed by atoms with van der Waals surface area (Å²) in [7, 11) is 1.78. The molecule has 0 spiro atoms. The highest BCUT2D eigenvalue weighted by Gasteiger charge is 2.57. The molecular formula is C14H25NO. The van der Waals surface area contributed by atoms with Gasteiger partial charge in [0.05, 0.1) is 6.61 Å². The van der Waals surface area contributed by atoms with E-state index < -0.39 is 0 Å². The Morgan fingerprint density at radius 2 is 1.88 bits per heavy atom. The zero-order valence-corrected chi connectivity index (χ0v) is 10.7. The minimum atomic E-state index is 0.266. The molecule has 16 heavy (non-hydrogen) atoms.